The lowest BCUT2D eigenvalue weighted by atomic mass is 10.1. The van der Waals surface area contributed by atoms with Crippen LogP contribution in [0.5, 0.6) is 0 Å². The molecule has 8 heteroatoms. The average molecular weight is 385 g/mol. The summed E-state index contributed by atoms with van der Waals surface area (Å²) >= 11 is 1.59. The lowest BCUT2D eigenvalue weighted by molar-refractivity contribution is 0.375. The number of nitrogens with zero attached hydrogens (tertiary/aromatic N) is 6. The Labute approximate surface area is 163 Å². The molecule has 3 heterocycles. The molecule has 1 fully saturated rings. The van der Waals surface area contributed by atoms with Gasteiger partial charge < -0.3 is 9.42 Å². The van der Waals surface area contributed by atoms with Crippen LogP contribution in [0.25, 0.3) is 5.69 Å². The van der Waals surface area contributed by atoms with Crippen LogP contribution in [-0.2, 0) is 6.42 Å². The van der Waals surface area contributed by atoms with Crippen LogP contribution in [0.4, 0.5) is 5.95 Å². The number of thioether (sulfide) groups is 1. The summed E-state index contributed by atoms with van der Waals surface area (Å²) in [6.45, 7) is 6.12. The lowest BCUT2D eigenvalue weighted by Gasteiger charge is -2.27. The monoisotopic (exact) mass is 384 g/mol. The van der Waals surface area contributed by atoms with Crippen molar-refractivity contribution in [3.8, 4) is 5.69 Å². The Bertz CT molecular complexity index is 871. The quantitative estimate of drug-likeness (QED) is 0.593. The van der Waals surface area contributed by atoms with Crippen molar-refractivity contribution in [2.24, 2.45) is 0 Å². The standard InChI is InChI=1S/C19H24N6OS/c1-3-16-20-17(26-23-16)14(2)27-19-22-21-18(24-12-8-5-9-13-24)25(19)15-10-6-4-7-11-15/h4,6-7,10-11,14H,3,5,8-9,12-13H2,1-2H3. The van der Waals surface area contributed by atoms with Gasteiger partial charge in [0.2, 0.25) is 11.8 Å². The molecule has 0 spiro atoms. The molecule has 0 saturated carbocycles. The van der Waals surface area contributed by atoms with Crippen LogP contribution in [0.3, 0.4) is 0 Å². The van der Waals surface area contributed by atoms with Gasteiger partial charge in [-0.05, 0) is 38.3 Å². The number of piperidine rings is 1. The summed E-state index contributed by atoms with van der Waals surface area (Å²) in [7, 11) is 0. The Kier molecular flexibility index (Phi) is 5.42. The topological polar surface area (TPSA) is 72.9 Å². The first-order valence-corrected chi connectivity index (χ1v) is 10.4. The van der Waals surface area contributed by atoms with E-state index in [2.05, 4.69) is 48.9 Å². The van der Waals surface area contributed by atoms with Gasteiger partial charge in [-0.15, -0.1) is 10.2 Å². The Balaban J connectivity index is 1.66. The van der Waals surface area contributed by atoms with E-state index in [9.17, 15) is 0 Å². The number of rotatable bonds is 6. The summed E-state index contributed by atoms with van der Waals surface area (Å²) in [5, 5.41) is 13.9. The Morgan fingerprint density at radius 3 is 2.59 bits per heavy atom. The molecule has 0 aliphatic carbocycles. The van der Waals surface area contributed by atoms with Crippen LogP contribution in [0, 0.1) is 0 Å². The highest BCUT2D eigenvalue weighted by molar-refractivity contribution is 7.99. The smallest absolute Gasteiger partial charge is 0.239 e. The van der Waals surface area contributed by atoms with Gasteiger partial charge in [0.05, 0.1) is 10.9 Å². The fourth-order valence-corrected chi connectivity index (χ4v) is 4.12. The third-order valence-electron chi connectivity index (χ3n) is 4.70. The van der Waals surface area contributed by atoms with Gasteiger partial charge in [-0.25, -0.2) is 0 Å². The van der Waals surface area contributed by atoms with Gasteiger partial charge in [-0.2, -0.15) is 4.98 Å². The van der Waals surface area contributed by atoms with Gasteiger partial charge in [0.1, 0.15) is 0 Å². The largest absolute Gasteiger partial charge is 0.341 e. The average Bonchev–Trinajstić information content (AvgIpc) is 3.36. The maximum absolute atomic E-state index is 5.41. The second-order valence-electron chi connectivity index (χ2n) is 6.66. The lowest BCUT2D eigenvalue weighted by Crippen LogP contribution is -2.31. The van der Waals surface area contributed by atoms with E-state index in [0.717, 1.165) is 42.1 Å². The van der Waals surface area contributed by atoms with Crippen molar-refractivity contribution in [1.29, 1.82) is 0 Å². The minimum atomic E-state index is -0.00123. The molecule has 1 aliphatic rings. The molecule has 3 aromatic rings. The number of para-hydroxylation sites is 1. The molecule has 0 radical (unpaired) electrons. The zero-order valence-electron chi connectivity index (χ0n) is 15.7. The van der Waals surface area contributed by atoms with E-state index in [1.165, 1.54) is 19.3 Å². The normalized spacial score (nSPS) is 15.9. The van der Waals surface area contributed by atoms with Crippen molar-refractivity contribution in [2.75, 3.05) is 18.0 Å². The van der Waals surface area contributed by atoms with Gasteiger partial charge in [-0.3, -0.25) is 4.57 Å². The Hall–Kier alpha value is -2.35. The van der Waals surface area contributed by atoms with Crippen LogP contribution in [-0.4, -0.2) is 38.0 Å². The summed E-state index contributed by atoms with van der Waals surface area (Å²) in [5.41, 5.74) is 1.07. The van der Waals surface area contributed by atoms with Crippen LogP contribution < -0.4 is 4.90 Å². The Morgan fingerprint density at radius 1 is 1.11 bits per heavy atom. The van der Waals surface area contributed by atoms with Crippen LogP contribution in [0.2, 0.25) is 0 Å². The first-order chi connectivity index (χ1) is 13.3. The molecule has 1 atom stereocenters. The molecule has 0 bridgehead atoms. The highest BCUT2D eigenvalue weighted by atomic mass is 32.2. The van der Waals surface area contributed by atoms with E-state index in [1.807, 2.05) is 25.1 Å². The van der Waals surface area contributed by atoms with E-state index in [4.69, 9.17) is 4.52 Å². The fourth-order valence-electron chi connectivity index (χ4n) is 3.23. The summed E-state index contributed by atoms with van der Waals surface area (Å²) in [6.07, 6.45) is 4.44. The number of hydrogen-bond donors (Lipinski definition) is 0. The van der Waals surface area contributed by atoms with E-state index >= 15 is 0 Å². The van der Waals surface area contributed by atoms with Gasteiger partial charge in [0.15, 0.2) is 11.0 Å². The van der Waals surface area contributed by atoms with E-state index in [1.54, 1.807) is 11.8 Å². The molecule has 0 amide bonds. The summed E-state index contributed by atoms with van der Waals surface area (Å²) in [4.78, 5) is 6.79. The molecule has 1 aromatic carbocycles. The number of aromatic nitrogens is 5. The number of anilines is 1. The number of hydrogen-bond acceptors (Lipinski definition) is 7. The number of aryl methyl sites for hydroxylation is 1. The predicted molar refractivity (Wildman–Crippen MR) is 105 cm³/mol. The highest BCUT2D eigenvalue weighted by Gasteiger charge is 2.24. The first kappa shape index (κ1) is 18.0. The van der Waals surface area contributed by atoms with Crippen molar-refractivity contribution in [1.82, 2.24) is 24.9 Å². The maximum Gasteiger partial charge on any atom is 0.239 e. The summed E-state index contributed by atoms with van der Waals surface area (Å²) in [6, 6.07) is 10.3. The zero-order chi connectivity index (χ0) is 18.6. The molecule has 27 heavy (non-hydrogen) atoms. The molecule has 4 rings (SSSR count). The second-order valence-corrected chi connectivity index (χ2v) is 7.97. The molecule has 1 saturated heterocycles. The fraction of sp³-hybridized carbons (Fsp3) is 0.474. The highest BCUT2D eigenvalue weighted by Crippen LogP contribution is 2.36. The van der Waals surface area contributed by atoms with Crippen LogP contribution in [0.15, 0.2) is 40.0 Å². The summed E-state index contributed by atoms with van der Waals surface area (Å²) < 4.78 is 7.55. The van der Waals surface area contributed by atoms with Crippen molar-refractivity contribution >= 4 is 17.7 Å². The second kappa shape index (κ2) is 8.12. The van der Waals surface area contributed by atoms with Crippen molar-refractivity contribution in [3.63, 3.8) is 0 Å². The third kappa shape index (κ3) is 3.85. The van der Waals surface area contributed by atoms with E-state index < -0.39 is 0 Å². The van der Waals surface area contributed by atoms with Gasteiger partial charge in [-0.1, -0.05) is 42.0 Å². The first-order valence-electron chi connectivity index (χ1n) is 9.51. The molecule has 2 aromatic heterocycles. The minimum absolute atomic E-state index is 0.00123. The van der Waals surface area contributed by atoms with Crippen molar-refractivity contribution in [2.45, 2.75) is 49.9 Å². The number of benzene rings is 1. The molecule has 1 aliphatic heterocycles. The molecular weight excluding hydrogens is 360 g/mol. The molecule has 0 N–H and O–H groups in total. The van der Waals surface area contributed by atoms with Gasteiger partial charge in [0, 0.05) is 19.5 Å². The SMILES string of the molecule is CCc1noc(C(C)Sc2nnc(N3CCCCC3)n2-c2ccccc2)n1. The van der Waals surface area contributed by atoms with E-state index in [0.29, 0.717) is 5.89 Å². The maximum atomic E-state index is 5.41. The molecule has 142 valence electrons. The molecule has 1 unspecified atom stereocenters. The van der Waals surface area contributed by atoms with Crippen molar-refractivity contribution in [3.05, 3.63) is 42.0 Å². The van der Waals surface area contributed by atoms with Crippen LogP contribution in [0.1, 0.15) is 50.1 Å². The molecule has 7 nitrogen and oxygen atoms in total. The van der Waals surface area contributed by atoms with Crippen molar-refractivity contribution < 1.29 is 4.52 Å². The van der Waals surface area contributed by atoms with Gasteiger partial charge >= 0.3 is 0 Å². The third-order valence-corrected chi connectivity index (χ3v) is 5.73. The summed E-state index contributed by atoms with van der Waals surface area (Å²) in [5.74, 6) is 2.27. The minimum Gasteiger partial charge on any atom is -0.341 e. The Morgan fingerprint density at radius 2 is 1.89 bits per heavy atom. The van der Waals surface area contributed by atoms with Gasteiger partial charge in [0.25, 0.3) is 0 Å². The molecular formula is C19H24N6OS. The zero-order valence-corrected chi connectivity index (χ0v) is 16.5. The predicted octanol–water partition coefficient (Wildman–Crippen LogP) is 4.06. The van der Waals surface area contributed by atoms with E-state index in [-0.39, 0.29) is 5.25 Å². The van der Waals surface area contributed by atoms with Crippen LogP contribution >= 0.6 is 11.8 Å².